The van der Waals surface area contributed by atoms with E-state index in [9.17, 15) is 0 Å². The van der Waals surface area contributed by atoms with Crippen LogP contribution in [0.2, 0.25) is 0 Å². The summed E-state index contributed by atoms with van der Waals surface area (Å²) in [7, 11) is 0. The lowest BCUT2D eigenvalue weighted by Gasteiger charge is -2.10. The molecule has 0 fully saturated rings. The summed E-state index contributed by atoms with van der Waals surface area (Å²) >= 11 is 0. The van der Waals surface area contributed by atoms with Gasteiger partial charge in [0.2, 0.25) is 0 Å². The fourth-order valence-electron chi connectivity index (χ4n) is 2.35. The van der Waals surface area contributed by atoms with E-state index in [1.807, 2.05) is 12.1 Å². The molecule has 0 radical (unpaired) electrons. The second kappa shape index (κ2) is 5.66. The first kappa shape index (κ1) is 12.5. The highest BCUT2D eigenvalue weighted by atomic mass is 16.5. The minimum atomic E-state index is 0.507. The Bertz CT molecular complexity index is 747. The van der Waals surface area contributed by atoms with Gasteiger partial charge in [0, 0.05) is 5.39 Å². The van der Waals surface area contributed by atoms with Crippen molar-refractivity contribution in [2.75, 3.05) is 13.2 Å². The highest BCUT2D eigenvalue weighted by Crippen LogP contribution is 2.29. The van der Waals surface area contributed by atoms with Crippen LogP contribution in [0, 0.1) is 0 Å². The van der Waals surface area contributed by atoms with Crippen molar-refractivity contribution in [3.05, 3.63) is 67.4 Å². The molecule has 3 aromatic carbocycles. The van der Waals surface area contributed by atoms with Crippen LogP contribution in [0.1, 0.15) is 0 Å². The molecule has 2 nitrogen and oxygen atoms in total. The molecule has 0 spiro atoms. The maximum Gasteiger partial charge on any atom is 0.127 e. The predicted octanol–water partition coefficient (Wildman–Crippen LogP) is 4.53. The smallest absolute Gasteiger partial charge is 0.127 e. The van der Waals surface area contributed by atoms with E-state index in [1.165, 1.54) is 22.4 Å². The lowest BCUT2D eigenvalue weighted by Crippen LogP contribution is -2.04. The van der Waals surface area contributed by atoms with E-state index < -0.39 is 0 Å². The van der Waals surface area contributed by atoms with E-state index in [-0.39, 0.29) is 0 Å². The number of rotatable bonds is 5. The quantitative estimate of drug-likeness (QED) is 0.383. The van der Waals surface area contributed by atoms with Gasteiger partial charge in [0.05, 0.1) is 6.26 Å². The molecule has 0 saturated heterocycles. The molecule has 0 unspecified atom stereocenters. The van der Waals surface area contributed by atoms with Gasteiger partial charge in [-0.3, -0.25) is 0 Å². The molecule has 0 saturated carbocycles. The van der Waals surface area contributed by atoms with Gasteiger partial charge in [-0.15, -0.1) is 0 Å². The van der Waals surface area contributed by atoms with Gasteiger partial charge in [-0.25, -0.2) is 0 Å². The summed E-state index contributed by atoms with van der Waals surface area (Å²) < 4.78 is 10.9. The van der Waals surface area contributed by atoms with Crippen LogP contribution >= 0.6 is 0 Å². The first-order valence-electron chi connectivity index (χ1n) is 6.65. The third-order valence-electron chi connectivity index (χ3n) is 3.28. The van der Waals surface area contributed by atoms with Crippen molar-refractivity contribution < 1.29 is 9.47 Å². The van der Waals surface area contributed by atoms with E-state index in [0.29, 0.717) is 13.2 Å². The average molecular weight is 264 g/mol. The number of benzene rings is 3. The molecule has 0 bridgehead atoms. The lowest BCUT2D eigenvalue weighted by atomic mass is 10.0. The van der Waals surface area contributed by atoms with Gasteiger partial charge >= 0.3 is 0 Å². The Hall–Kier alpha value is -2.48. The zero-order chi connectivity index (χ0) is 13.8. The molecular formula is C18H16O2. The minimum Gasteiger partial charge on any atom is -0.498 e. The third-order valence-corrected chi connectivity index (χ3v) is 3.28. The first-order chi connectivity index (χ1) is 9.88. The molecule has 2 heteroatoms. The van der Waals surface area contributed by atoms with Crippen molar-refractivity contribution in [2.24, 2.45) is 0 Å². The summed E-state index contributed by atoms with van der Waals surface area (Å²) in [6.45, 7) is 4.53. The van der Waals surface area contributed by atoms with Crippen LogP contribution in [-0.4, -0.2) is 13.2 Å². The Morgan fingerprint density at radius 2 is 1.60 bits per heavy atom. The molecule has 100 valence electrons. The molecule has 0 amide bonds. The molecule has 0 aromatic heterocycles. The van der Waals surface area contributed by atoms with Gasteiger partial charge in [0.15, 0.2) is 0 Å². The zero-order valence-electron chi connectivity index (χ0n) is 11.2. The van der Waals surface area contributed by atoms with Crippen molar-refractivity contribution >= 4 is 21.5 Å². The summed E-state index contributed by atoms with van der Waals surface area (Å²) in [4.78, 5) is 0. The lowest BCUT2D eigenvalue weighted by molar-refractivity contribution is 0.181. The van der Waals surface area contributed by atoms with Crippen LogP contribution in [0.15, 0.2) is 67.4 Å². The molecule has 3 aromatic rings. The highest BCUT2D eigenvalue weighted by molar-refractivity contribution is 6.00. The van der Waals surface area contributed by atoms with Gasteiger partial charge in [0.1, 0.15) is 19.0 Å². The summed E-state index contributed by atoms with van der Waals surface area (Å²) in [6, 6.07) is 18.8. The number of ether oxygens (including phenoxy) is 2. The van der Waals surface area contributed by atoms with Gasteiger partial charge in [0.25, 0.3) is 0 Å². The molecule has 0 atom stereocenters. The Morgan fingerprint density at radius 1 is 0.850 bits per heavy atom. The number of fused-ring (bicyclic) bond motifs is 2. The van der Waals surface area contributed by atoms with E-state index in [4.69, 9.17) is 9.47 Å². The van der Waals surface area contributed by atoms with Crippen LogP contribution in [-0.2, 0) is 4.74 Å². The Balaban J connectivity index is 1.99. The van der Waals surface area contributed by atoms with Crippen LogP contribution in [0.25, 0.3) is 21.5 Å². The van der Waals surface area contributed by atoms with Gasteiger partial charge in [-0.2, -0.15) is 0 Å². The molecule has 3 rings (SSSR count). The van der Waals surface area contributed by atoms with Crippen LogP contribution in [0.3, 0.4) is 0 Å². The molecule has 0 aliphatic carbocycles. The number of hydrogen-bond donors (Lipinski definition) is 0. The maximum absolute atomic E-state index is 5.80. The molecule has 0 N–H and O–H groups in total. The summed E-state index contributed by atoms with van der Waals surface area (Å²) in [5.74, 6) is 0.890. The van der Waals surface area contributed by atoms with Gasteiger partial charge in [-0.1, -0.05) is 43.0 Å². The monoisotopic (exact) mass is 264 g/mol. The molecule has 0 heterocycles. The fourth-order valence-corrected chi connectivity index (χ4v) is 2.35. The fraction of sp³-hybridized carbons (Fsp3) is 0.111. The molecule has 0 aliphatic rings. The summed E-state index contributed by atoms with van der Waals surface area (Å²) in [6.07, 6.45) is 1.43. The maximum atomic E-state index is 5.80. The topological polar surface area (TPSA) is 18.5 Å². The van der Waals surface area contributed by atoms with E-state index in [1.54, 1.807) is 0 Å². The van der Waals surface area contributed by atoms with Crippen LogP contribution in [0.4, 0.5) is 0 Å². The van der Waals surface area contributed by atoms with Crippen molar-refractivity contribution in [2.45, 2.75) is 0 Å². The van der Waals surface area contributed by atoms with Crippen molar-refractivity contribution in [3.63, 3.8) is 0 Å². The second-order valence-electron chi connectivity index (χ2n) is 4.56. The molecule has 20 heavy (non-hydrogen) atoms. The highest BCUT2D eigenvalue weighted by Gasteiger charge is 2.03. The Kier molecular flexibility index (Phi) is 3.55. The minimum absolute atomic E-state index is 0.507. The standard InChI is InChI=1S/C18H16O2/c1-2-19-10-11-20-18-9-5-8-16-12-14-6-3-4-7-15(14)13-17(16)18/h2-9,12-13H,1,10-11H2. The Morgan fingerprint density at radius 3 is 2.40 bits per heavy atom. The van der Waals surface area contributed by atoms with Crippen molar-refractivity contribution in [1.29, 1.82) is 0 Å². The predicted molar refractivity (Wildman–Crippen MR) is 83.1 cm³/mol. The Labute approximate surface area is 118 Å². The molecule has 0 aliphatic heterocycles. The average Bonchev–Trinajstić information content (AvgIpc) is 2.50. The van der Waals surface area contributed by atoms with E-state index in [0.717, 1.165) is 11.1 Å². The third kappa shape index (κ3) is 2.45. The van der Waals surface area contributed by atoms with Gasteiger partial charge in [-0.05, 0) is 34.4 Å². The summed E-state index contributed by atoms with van der Waals surface area (Å²) in [5, 5.41) is 4.78. The number of hydrogen-bond acceptors (Lipinski definition) is 2. The summed E-state index contributed by atoms with van der Waals surface area (Å²) in [5.41, 5.74) is 0. The SMILES string of the molecule is C=COCCOc1cccc2cc3ccccc3cc12. The first-order valence-corrected chi connectivity index (χ1v) is 6.65. The van der Waals surface area contributed by atoms with Crippen molar-refractivity contribution in [3.8, 4) is 5.75 Å². The zero-order valence-corrected chi connectivity index (χ0v) is 11.2. The molecular weight excluding hydrogens is 248 g/mol. The van der Waals surface area contributed by atoms with E-state index in [2.05, 4.69) is 49.0 Å². The normalized spacial score (nSPS) is 10.6. The van der Waals surface area contributed by atoms with E-state index >= 15 is 0 Å². The van der Waals surface area contributed by atoms with Crippen LogP contribution in [0.5, 0.6) is 5.75 Å². The van der Waals surface area contributed by atoms with Crippen LogP contribution < -0.4 is 4.74 Å². The van der Waals surface area contributed by atoms with Crippen molar-refractivity contribution in [1.82, 2.24) is 0 Å². The largest absolute Gasteiger partial charge is 0.498 e. The second-order valence-corrected chi connectivity index (χ2v) is 4.56. The van der Waals surface area contributed by atoms with Gasteiger partial charge < -0.3 is 9.47 Å².